The van der Waals surface area contributed by atoms with Crippen molar-refractivity contribution < 1.29 is 14.3 Å². The molecule has 0 unspecified atom stereocenters. The third kappa shape index (κ3) is 2.76. The lowest BCUT2D eigenvalue weighted by Crippen LogP contribution is -2.30. The van der Waals surface area contributed by atoms with E-state index in [1.807, 2.05) is 0 Å². The smallest absolute Gasteiger partial charge is 0.438 e. The van der Waals surface area contributed by atoms with Crippen molar-refractivity contribution in [2.75, 3.05) is 20.2 Å². The molecule has 0 aromatic rings. The summed E-state index contributed by atoms with van der Waals surface area (Å²) in [4.78, 5) is 10.6. The molecule has 1 aliphatic heterocycles. The van der Waals surface area contributed by atoms with E-state index in [4.69, 9.17) is 4.74 Å². The van der Waals surface area contributed by atoms with E-state index >= 15 is 0 Å². The molecule has 1 radical (unpaired) electrons. The predicted molar refractivity (Wildman–Crippen MR) is 38.4 cm³/mol. The molecule has 1 fully saturated rings. The van der Waals surface area contributed by atoms with Gasteiger partial charge in [-0.05, 0) is 12.8 Å². The molecular formula is C7H12NO3. The summed E-state index contributed by atoms with van der Waals surface area (Å²) in [6.45, 7) is 1.59. The molecule has 63 valence electrons. The highest BCUT2D eigenvalue weighted by molar-refractivity contribution is 5.59. The van der Waals surface area contributed by atoms with E-state index in [9.17, 15) is 4.79 Å². The Labute approximate surface area is 65.9 Å². The number of hydrogen-bond donors (Lipinski definition) is 0. The van der Waals surface area contributed by atoms with Gasteiger partial charge in [0.15, 0.2) is 0 Å². The van der Waals surface area contributed by atoms with Crippen molar-refractivity contribution in [2.45, 2.75) is 18.9 Å². The number of carbonyl (C=O) groups is 1. The molecule has 11 heavy (non-hydrogen) atoms. The zero-order valence-electron chi connectivity index (χ0n) is 6.58. The molecule has 4 nitrogen and oxygen atoms in total. The van der Waals surface area contributed by atoms with Gasteiger partial charge in [-0.1, -0.05) is 0 Å². The molecule has 0 N–H and O–H groups in total. The molecule has 0 saturated carbocycles. The average Bonchev–Trinajstić information content (AvgIpc) is 2.06. The Bertz CT molecular complexity index is 132. The number of ether oxygens (including phenoxy) is 2. The molecule has 1 aliphatic rings. The van der Waals surface area contributed by atoms with Gasteiger partial charge in [-0.2, -0.15) is 0 Å². The second-order valence-electron chi connectivity index (χ2n) is 2.44. The maximum absolute atomic E-state index is 10.6. The third-order valence-electron chi connectivity index (χ3n) is 1.65. The molecule has 1 saturated heterocycles. The molecule has 4 heteroatoms. The van der Waals surface area contributed by atoms with Crippen molar-refractivity contribution in [1.29, 1.82) is 0 Å². The molecule has 1 heterocycles. The number of methoxy groups -OCH3 is 1. The monoisotopic (exact) mass is 158 g/mol. The van der Waals surface area contributed by atoms with Crippen LogP contribution in [0.4, 0.5) is 4.79 Å². The number of piperidine rings is 1. The highest BCUT2D eigenvalue weighted by atomic mass is 16.7. The molecule has 0 aliphatic carbocycles. The Morgan fingerprint density at radius 3 is 2.64 bits per heavy atom. The highest BCUT2D eigenvalue weighted by Crippen LogP contribution is 2.08. The lowest BCUT2D eigenvalue weighted by molar-refractivity contribution is 0.0255. The summed E-state index contributed by atoms with van der Waals surface area (Å²) in [5.41, 5.74) is 0. The first-order valence-corrected chi connectivity index (χ1v) is 3.71. The molecule has 0 atom stereocenters. The molecule has 0 spiro atoms. The summed E-state index contributed by atoms with van der Waals surface area (Å²) in [6.07, 6.45) is 1.08. The van der Waals surface area contributed by atoms with E-state index in [0.717, 1.165) is 25.9 Å². The summed E-state index contributed by atoms with van der Waals surface area (Å²) in [6, 6.07) is 0. The first kappa shape index (κ1) is 8.33. The average molecular weight is 158 g/mol. The maximum Gasteiger partial charge on any atom is 0.508 e. The zero-order valence-corrected chi connectivity index (χ0v) is 6.58. The number of nitrogens with zero attached hydrogens (tertiary/aromatic N) is 1. The fourth-order valence-corrected chi connectivity index (χ4v) is 1.03. The van der Waals surface area contributed by atoms with Crippen LogP contribution in [0.15, 0.2) is 0 Å². The molecule has 1 rings (SSSR count). The van der Waals surface area contributed by atoms with Crippen LogP contribution >= 0.6 is 0 Å². The fraction of sp³-hybridized carbons (Fsp3) is 0.857. The molecule has 0 amide bonds. The van der Waals surface area contributed by atoms with Crippen LogP contribution in [0.3, 0.4) is 0 Å². The Morgan fingerprint density at radius 1 is 1.45 bits per heavy atom. The van der Waals surface area contributed by atoms with E-state index in [1.165, 1.54) is 7.11 Å². The first-order valence-electron chi connectivity index (χ1n) is 3.71. The molecular weight excluding hydrogens is 146 g/mol. The summed E-state index contributed by atoms with van der Waals surface area (Å²) in [5.74, 6) is 0. The van der Waals surface area contributed by atoms with Gasteiger partial charge in [0.2, 0.25) is 0 Å². The topological polar surface area (TPSA) is 49.6 Å². The van der Waals surface area contributed by atoms with Crippen LogP contribution in [-0.4, -0.2) is 32.5 Å². The summed E-state index contributed by atoms with van der Waals surface area (Å²) >= 11 is 0. The standard InChI is InChI=1S/C7H12NO3/c1-10-7(9)11-6-2-4-8-5-3-6/h6H,2-5H2,1H3. The van der Waals surface area contributed by atoms with Crippen LogP contribution in [0.25, 0.3) is 0 Å². The second-order valence-corrected chi connectivity index (χ2v) is 2.44. The third-order valence-corrected chi connectivity index (χ3v) is 1.65. The minimum absolute atomic E-state index is 0.0138. The van der Waals surface area contributed by atoms with Gasteiger partial charge in [0, 0.05) is 13.1 Å². The largest absolute Gasteiger partial charge is 0.508 e. The van der Waals surface area contributed by atoms with E-state index in [0.29, 0.717) is 0 Å². The molecule has 0 aromatic heterocycles. The Morgan fingerprint density at radius 2 is 2.09 bits per heavy atom. The van der Waals surface area contributed by atoms with Crippen molar-refractivity contribution in [2.24, 2.45) is 0 Å². The SMILES string of the molecule is COC(=O)OC1CC[N]CC1. The van der Waals surface area contributed by atoms with Crippen LogP contribution in [0.5, 0.6) is 0 Å². The summed E-state index contributed by atoms with van der Waals surface area (Å²) < 4.78 is 9.28. The molecule has 0 aromatic carbocycles. The zero-order chi connectivity index (χ0) is 8.10. The quantitative estimate of drug-likeness (QED) is 0.523. The van der Waals surface area contributed by atoms with Crippen LogP contribution in [0.1, 0.15) is 12.8 Å². The Hall–Kier alpha value is -0.770. The molecule has 0 bridgehead atoms. The minimum Gasteiger partial charge on any atom is -0.438 e. The van der Waals surface area contributed by atoms with Gasteiger partial charge < -0.3 is 9.47 Å². The van der Waals surface area contributed by atoms with Crippen LogP contribution < -0.4 is 5.32 Å². The van der Waals surface area contributed by atoms with E-state index in [1.54, 1.807) is 0 Å². The van der Waals surface area contributed by atoms with Crippen molar-refractivity contribution in [3.8, 4) is 0 Å². The predicted octanol–water partition coefficient (Wildman–Crippen LogP) is 0.536. The Kier molecular flexibility index (Phi) is 3.16. The van der Waals surface area contributed by atoms with Crippen LogP contribution in [0.2, 0.25) is 0 Å². The van der Waals surface area contributed by atoms with Crippen molar-refractivity contribution in [3.05, 3.63) is 0 Å². The van der Waals surface area contributed by atoms with Crippen molar-refractivity contribution in [1.82, 2.24) is 5.32 Å². The van der Waals surface area contributed by atoms with Gasteiger partial charge in [0.05, 0.1) is 7.11 Å². The lowest BCUT2D eigenvalue weighted by atomic mass is 10.1. The summed E-state index contributed by atoms with van der Waals surface area (Å²) in [7, 11) is 1.32. The second kappa shape index (κ2) is 4.18. The normalized spacial score (nSPS) is 19.4. The fourth-order valence-electron chi connectivity index (χ4n) is 1.03. The first-order chi connectivity index (χ1) is 5.33. The van der Waals surface area contributed by atoms with Gasteiger partial charge >= 0.3 is 6.16 Å². The number of rotatable bonds is 1. The van der Waals surface area contributed by atoms with E-state index in [-0.39, 0.29) is 6.10 Å². The van der Waals surface area contributed by atoms with Gasteiger partial charge in [0.25, 0.3) is 0 Å². The maximum atomic E-state index is 10.6. The van der Waals surface area contributed by atoms with Gasteiger partial charge in [-0.15, -0.1) is 0 Å². The van der Waals surface area contributed by atoms with Crippen molar-refractivity contribution >= 4 is 6.16 Å². The van der Waals surface area contributed by atoms with Gasteiger partial charge in [-0.3, -0.25) is 0 Å². The van der Waals surface area contributed by atoms with Crippen molar-refractivity contribution in [3.63, 3.8) is 0 Å². The summed E-state index contributed by atoms with van der Waals surface area (Å²) in [5, 5.41) is 4.13. The number of hydrogen-bond acceptors (Lipinski definition) is 3. The van der Waals surface area contributed by atoms with Crippen LogP contribution in [-0.2, 0) is 9.47 Å². The lowest BCUT2D eigenvalue weighted by Gasteiger charge is -2.20. The number of carbonyl (C=O) groups excluding carboxylic acids is 1. The minimum atomic E-state index is -0.586. The van der Waals surface area contributed by atoms with Gasteiger partial charge in [0.1, 0.15) is 6.10 Å². The van der Waals surface area contributed by atoms with Crippen LogP contribution in [0, 0.1) is 0 Å². The van der Waals surface area contributed by atoms with Gasteiger partial charge in [-0.25, -0.2) is 10.1 Å². The van der Waals surface area contributed by atoms with E-state index in [2.05, 4.69) is 10.1 Å². The van der Waals surface area contributed by atoms with E-state index < -0.39 is 6.16 Å². The highest BCUT2D eigenvalue weighted by Gasteiger charge is 2.17. The Balaban J connectivity index is 2.19.